The van der Waals surface area contributed by atoms with Crippen molar-refractivity contribution in [1.29, 1.82) is 0 Å². The number of hydrogen-bond acceptors (Lipinski definition) is 3. The third-order valence-electron chi connectivity index (χ3n) is 3.10. The van der Waals surface area contributed by atoms with Gasteiger partial charge in [0.25, 0.3) is 0 Å². The summed E-state index contributed by atoms with van der Waals surface area (Å²) < 4.78 is 26.7. The van der Waals surface area contributed by atoms with Crippen molar-refractivity contribution < 1.29 is 8.78 Å². The molecule has 3 N–H and O–H groups in total. The summed E-state index contributed by atoms with van der Waals surface area (Å²) in [6.45, 7) is 0. The van der Waals surface area contributed by atoms with Crippen molar-refractivity contribution in [3.8, 4) is 0 Å². The third-order valence-corrected chi connectivity index (χ3v) is 3.10. The van der Waals surface area contributed by atoms with Crippen molar-refractivity contribution in [3.05, 3.63) is 65.2 Å². The van der Waals surface area contributed by atoms with Crippen molar-refractivity contribution in [3.63, 3.8) is 0 Å². The average Bonchev–Trinajstić information content (AvgIpc) is 2.39. The summed E-state index contributed by atoms with van der Waals surface area (Å²) in [5, 5.41) is 0. The van der Waals surface area contributed by atoms with E-state index in [1.54, 1.807) is 0 Å². The lowest BCUT2D eigenvalue weighted by Crippen LogP contribution is -2.29. The zero-order valence-electron chi connectivity index (χ0n) is 11.4. The first kappa shape index (κ1) is 14.4. The summed E-state index contributed by atoms with van der Waals surface area (Å²) in [5.74, 6) is 4.31. The lowest BCUT2D eigenvalue weighted by atomic mass is 9.98. The van der Waals surface area contributed by atoms with Crippen molar-refractivity contribution in [2.24, 2.45) is 5.84 Å². The van der Waals surface area contributed by atoms with Crippen LogP contribution in [0.2, 0.25) is 0 Å². The van der Waals surface area contributed by atoms with Crippen molar-refractivity contribution in [2.75, 3.05) is 19.0 Å². The van der Waals surface area contributed by atoms with Gasteiger partial charge in [0, 0.05) is 25.8 Å². The second-order valence-electron chi connectivity index (χ2n) is 4.79. The van der Waals surface area contributed by atoms with Crippen LogP contribution in [0.4, 0.5) is 14.5 Å². The van der Waals surface area contributed by atoms with Gasteiger partial charge in [-0.3, -0.25) is 5.84 Å². The number of hydrogen-bond donors (Lipinski definition) is 2. The third kappa shape index (κ3) is 3.12. The van der Waals surface area contributed by atoms with E-state index < -0.39 is 17.7 Å². The first-order valence-electron chi connectivity index (χ1n) is 6.20. The van der Waals surface area contributed by atoms with Gasteiger partial charge in [-0.2, -0.15) is 0 Å². The molecular formula is C15H17F2N3. The van der Waals surface area contributed by atoms with Crippen LogP contribution in [0.5, 0.6) is 0 Å². The molecule has 0 fully saturated rings. The normalized spacial score (nSPS) is 12.2. The van der Waals surface area contributed by atoms with Gasteiger partial charge in [-0.05, 0) is 35.4 Å². The Labute approximate surface area is 117 Å². The highest BCUT2D eigenvalue weighted by Crippen LogP contribution is 2.25. The molecule has 0 heterocycles. The highest BCUT2D eigenvalue weighted by molar-refractivity contribution is 5.49. The minimum Gasteiger partial charge on any atom is -0.378 e. The summed E-state index contributed by atoms with van der Waals surface area (Å²) in [4.78, 5) is 1.95. The first-order valence-corrected chi connectivity index (χ1v) is 6.20. The number of benzene rings is 2. The molecule has 1 atom stereocenters. The van der Waals surface area contributed by atoms with Crippen molar-refractivity contribution in [1.82, 2.24) is 5.43 Å². The molecule has 0 spiro atoms. The van der Waals surface area contributed by atoms with Crippen molar-refractivity contribution >= 4 is 5.69 Å². The molecule has 0 bridgehead atoms. The Bertz CT molecular complexity index is 579. The predicted molar refractivity (Wildman–Crippen MR) is 76.3 cm³/mol. The Morgan fingerprint density at radius 2 is 1.65 bits per heavy atom. The molecule has 2 aromatic carbocycles. The van der Waals surface area contributed by atoms with Gasteiger partial charge >= 0.3 is 0 Å². The molecule has 5 heteroatoms. The summed E-state index contributed by atoms with van der Waals surface area (Å²) in [6.07, 6.45) is 0. The van der Waals surface area contributed by atoms with Gasteiger partial charge in [0.15, 0.2) is 0 Å². The molecule has 0 aliphatic carbocycles. The van der Waals surface area contributed by atoms with E-state index >= 15 is 0 Å². The number of rotatable bonds is 4. The molecule has 0 saturated carbocycles. The summed E-state index contributed by atoms with van der Waals surface area (Å²) >= 11 is 0. The van der Waals surface area contributed by atoms with Gasteiger partial charge in [0.05, 0.1) is 6.04 Å². The fourth-order valence-corrected chi connectivity index (χ4v) is 2.11. The standard InChI is InChI=1S/C15H17F2N3/c1-20(2)14-5-3-4-10(8-14)15(19-18)11-6-12(16)9-13(17)7-11/h3-9,15,19H,18H2,1-2H3. The van der Waals surface area contributed by atoms with Gasteiger partial charge in [-0.1, -0.05) is 12.1 Å². The van der Waals surface area contributed by atoms with E-state index in [4.69, 9.17) is 5.84 Å². The number of nitrogens with zero attached hydrogens (tertiary/aromatic N) is 1. The van der Waals surface area contributed by atoms with E-state index in [9.17, 15) is 8.78 Å². The lowest BCUT2D eigenvalue weighted by molar-refractivity contribution is 0.566. The number of nitrogens with two attached hydrogens (primary N) is 1. The summed E-state index contributed by atoms with van der Waals surface area (Å²) in [7, 11) is 3.84. The van der Waals surface area contributed by atoms with E-state index in [0.29, 0.717) is 5.56 Å². The van der Waals surface area contributed by atoms with Gasteiger partial charge in [0.2, 0.25) is 0 Å². The van der Waals surface area contributed by atoms with Gasteiger partial charge in [0.1, 0.15) is 11.6 Å². The van der Waals surface area contributed by atoms with Crippen LogP contribution in [0, 0.1) is 11.6 Å². The molecule has 20 heavy (non-hydrogen) atoms. The van der Waals surface area contributed by atoms with E-state index in [2.05, 4.69) is 5.43 Å². The van der Waals surface area contributed by atoms with E-state index in [1.807, 2.05) is 43.3 Å². The minimum atomic E-state index is -0.621. The fourth-order valence-electron chi connectivity index (χ4n) is 2.11. The molecule has 1 unspecified atom stereocenters. The van der Waals surface area contributed by atoms with Crippen LogP contribution in [-0.2, 0) is 0 Å². The van der Waals surface area contributed by atoms with Crippen LogP contribution in [0.15, 0.2) is 42.5 Å². The van der Waals surface area contributed by atoms with E-state index in [1.165, 1.54) is 12.1 Å². The fraction of sp³-hybridized carbons (Fsp3) is 0.200. The number of hydrazine groups is 1. The van der Waals surface area contributed by atoms with Gasteiger partial charge < -0.3 is 4.90 Å². The molecule has 0 aliphatic rings. The van der Waals surface area contributed by atoms with E-state index in [0.717, 1.165) is 17.3 Å². The number of anilines is 1. The molecule has 3 nitrogen and oxygen atoms in total. The second kappa shape index (κ2) is 5.98. The lowest BCUT2D eigenvalue weighted by Gasteiger charge is -2.20. The smallest absolute Gasteiger partial charge is 0.126 e. The Balaban J connectivity index is 2.43. The molecule has 0 amide bonds. The second-order valence-corrected chi connectivity index (χ2v) is 4.79. The average molecular weight is 277 g/mol. The van der Waals surface area contributed by atoms with E-state index in [-0.39, 0.29) is 0 Å². The molecule has 106 valence electrons. The van der Waals surface area contributed by atoms with Crippen LogP contribution >= 0.6 is 0 Å². The largest absolute Gasteiger partial charge is 0.378 e. The predicted octanol–water partition coefficient (Wildman–Crippen LogP) is 2.58. The Hall–Kier alpha value is -1.98. The van der Waals surface area contributed by atoms with Crippen molar-refractivity contribution in [2.45, 2.75) is 6.04 Å². The Kier molecular flexibility index (Phi) is 4.32. The SMILES string of the molecule is CN(C)c1cccc(C(NN)c2cc(F)cc(F)c2)c1. The maximum absolute atomic E-state index is 13.3. The zero-order valence-corrected chi connectivity index (χ0v) is 11.4. The highest BCUT2D eigenvalue weighted by Gasteiger charge is 2.15. The number of halogens is 2. The zero-order chi connectivity index (χ0) is 14.7. The number of nitrogens with one attached hydrogen (secondary N) is 1. The van der Waals surface area contributed by atoms with Crippen LogP contribution in [0.1, 0.15) is 17.2 Å². The molecule has 0 aromatic heterocycles. The topological polar surface area (TPSA) is 41.3 Å². The maximum Gasteiger partial charge on any atom is 0.126 e. The molecule has 0 saturated heterocycles. The minimum absolute atomic E-state index is 0.445. The molecule has 2 rings (SSSR count). The Morgan fingerprint density at radius 1 is 1.00 bits per heavy atom. The van der Waals surface area contributed by atoms with Gasteiger partial charge in [-0.15, -0.1) is 0 Å². The quantitative estimate of drug-likeness (QED) is 0.666. The highest BCUT2D eigenvalue weighted by atomic mass is 19.1. The molecule has 0 aliphatic heterocycles. The monoisotopic (exact) mass is 277 g/mol. The summed E-state index contributed by atoms with van der Waals surface area (Å²) in [6, 6.07) is 10.5. The van der Waals surface area contributed by atoms with Crippen LogP contribution in [-0.4, -0.2) is 14.1 Å². The van der Waals surface area contributed by atoms with Crippen LogP contribution in [0.3, 0.4) is 0 Å². The maximum atomic E-state index is 13.3. The Morgan fingerprint density at radius 3 is 2.20 bits per heavy atom. The van der Waals surface area contributed by atoms with Crippen LogP contribution in [0.25, 0.3) is 0 Å². The molecular weight excluding hydrogens is 260 g/mol. The molecule has 0 radical (unpaired) electrons. The molecule has 2 aromatic rings. The van der Waals surface area contributed by atoms with Crippen LogP contribution < -0.4 is 16.2 Å². The summed E-state index contributed by atoms with van der Waals surface area (Å²) in [5.41, 5.74) is 4.87. The van der Waals surface area contributed by atoms with Gasteiger partial charge in [-0.25, -0.2) is 14.2 Å². The first-order chi connectivity index (χ1) is 9.51.